The van der Waals surface area contributed by atoms with Crippen molar-refractivity contribution in [3.63, 3.8) is 0 Å². The van der Waals surface area contributed by atoms with Gasteiger partial charge in [0.25, 0.3) is 5.91 Å². The molecule has 20 heavy (non-hydrogen) atoms. The van der Waals surface area contributed by atoms with Crippen molar-refractivity contribution in [3.05, 3.63) is 46.3 Å². The van der Waals surface area contributed by atoms with E-state index in [1.54, 1.807) is 24.3 Å². The minimum absolute atomic E-state index is 0.0691. The first-order chi connectivity index (χ1) is 9.74. The van der Waals surface area contributed by atoms with E-state index in [2.05, 4.69) is 10.6 Å². The van der Waals surface area contributed by atoms with Crippen molar-refractivity contribution in [1.82, 2.24) is 10.6 Å². The summed E-state index contributed by atoms with van der Waals surface area (Å²) in [6.07, 6.45) is 1.06. The maximum Gasteiger partial charge on any atom is 0.287 e. The van der Waals surface area contributed by atoms with Gasteiger partial charge < -0.3 is 15.1 Å². The quantitative estimate of drug-likeness (QED) is 0.878. The van der Waals surface area contributed by atoms with Gasteiger partial charge in [0.05, 0.1) is 5.39 Å². The zero-order chi connectivity index (χ0) is 13.9. The van der Waals surface area contributed by atoms with Gasteiger partial charge >= 0.3 is 0 Å². The topological polar surface area (TPSA) is 71.3 Å². The molecule has 0 saturated carbocycles. The van der Waals surface area contributed by atoms with Gasteiger partial charge in [0.1, 0.15) is 5.58 Å². The first-order valence-electron chi connectivity index (χ1n) is 6.76. The summed E-state index contributed by atoms with van der Waals surface area (Å²) in [7, 11) is 0. The molecule has 5 nitrogen and oxygen atoms in total. The molecule has 3 rings (SSSR count). The Morgan fingerprint density at radius 3 is 3.05 bits per heavy atom. The van der Waals surface area contributed by atoms with Gasteiger partial charge in [0, 0.05) is 12.6 Å². The molecule has 1 unspecified atom stereocenters. The molecule has 5 heteroatoms. The average Bonchev–Trinajstić information content (AvgIpc) is 2.98. The van der Waals surface area contributed by atoms with Gasteiger partial charge in [-0.2, -0.15) is 0 Å². The highest BCUT2D eigenvalue weighted by molar-refractivity contribution is 5.93. The number of rotatable bonds is 3. The van der Waals surface area contributed by atoms with Gasteiger partial charge in [0.15, 0.2) is 11.2 Å². The molecule has 1 atom stereocenters. The lowest BCUT2D eigenvalue weighted by atomic mass is 10.1. The van der Waals surface area contributed by atoms with E-state index in [1.807, 2.05) is 0 Å². The van der Waals surface area contributed by atoms with E-state index in [0.717, 1.165) is 19.5 Å². The fourth-order valence-electron chi connectivity index (χ4n) is 2.43. The first kappa shape index (κ1) is 12.9. The molecule has 1 amide bonds. The lowest BCUT2D eigenvalue weighted by molar-refractivity contribution is 0.0921. The molecule has 1 aromatic heterocycles. The van der Waals surface area contributed by atoms with Gasteiger partial charge in [-0.1, -0.05) is 12.1 Å². The molecule has 0 spiro atoms. The van der Waals surface area contributed by atoms with E-state index in [1.165, 1.54) is 6.07 Å². The molecule has 0 aliphatic carbocycles. The van der Waals surface area contributed by atoms with Crippen molar-refractivity contribution >= 4 is 16.9 Å². The Bertz CT molecular complexity index is 687. The van der Waals surface area contributed by atoms with E-state index in [-0.39, 0.29) is 17.1 Å². The molecule has 104 valence electrons. The van der Waals surface area contributed by atoms with Crippen LogP contribution in [0.5, 0.6) is 0 Å². The maximum atomic E-state index is 12.0. The van der Waals surface area contributed by atoms with Crippen LogP contribution < -0.4 is 16.1 Å². The van der Waals surface area contributed by atoms with Crippen molar-refractivity contribution < 1.29 is 9.21 Å². The van der Waals surface area contributed by atoms with Crippen LogP contribution in [0.25, 0.3) is 11.0 Å². The fourth-order valence-corrected chi connectivity index (χ4v) is 2.43. The van der Waals surface area contributed by atoms with Gasteiger partial charge in [-0.3, -0.25) is 9.59 Å². The van der Waals surface area contributed by atoms with E-state index in [0.29, 0.717) is 23.4 Å². The van der Waals surface area contributed by atoms with Gasteiger partial charge in [-0.15, -0.1) is 0 Å². The summed E-state index contributed by atoms with van der Waals surface area (Å²) in [5, 5.41) is 6.56. The van der Waals surface area contributed by atoms with Crippen molar-refractivity contribution in [1.29, 1.82) is 0 Å². The third-order valence-corrected chi connectivity index (χ3v) is 3.57. The van der Waals surface area contributed by atoms with Crippen LogP contribution in [0.4, 0.5) is 0 Å². The number of fused-ring (bicyclic) bond motifs is 1. The maximum absolute atomic E-state index is 12.0. The Morgan fingerprint density at radius 1 is 1.40 bits per heavy atom. The largest absolute Gasteiger partial charge is 0.451 e. The van der Waals surface area contributed by atoms with Crippen molar-refractivity contribution in [2.45, 2.75) is 6.42 Å². The SMILES string of the molecule is O=C(NCC1CCNC1)c1cc(=O)c2ccccc2o1. The van der Waals surface area contributed by atoms with E-state index in [4.69, 9.17) is 4.42 Å². The van der Waals surface area contributed by atoms with Crippen LogP contribution in [0, 0.1) is 5.92 Å². The second-order valence-corrected chi connectivity index (χ2v) is 5.04. The van der Waals surface area contributed by atoms with Crippen molar-refractivity contribution in [2.24, 2.45) is 5.92 Å². The van der Waals surface area contributed by atoms with E-state index in [9.17, 15) is 9.59 Å². The molecule has 1 fully saturated rings. The average molecular weight is 272 g/mol. The number of amides is 1. The van der Waals surface area contributed by atoms with Crippen LogP contribution in [0.15, 0.2) is 39.5 Å². The monoisotopic (exact) mass is 272 g/mol. The Kier molecular flexibility index (Phi) is 3.52. The Labute approximate surface area is 116 Å². The van der Waals surface area contributed by atoms with Crippen LogP contribution in [0.1, 0.15) is 17.0 Å². The number of hydrogen-bond donors (Lipinski definition) is 2. The fraction of sp³-hybridized carbons (Fsp3) is 0.333. The molecule has 0 bridgehead atoms. The molecule has 1 aliphatic rings. The third-order valence-electron chi connectivity index (χ3n) is 3.57. The predicted octanol–water partition coefficient (Wildman–Crippen LogP) is 1.13. The van der Waals surface area contributed by atoms with Gasteiger partial charge in [0.2, 0.25) is 0 Å². The number of hydrogen-bond acceptors (Lipinski definition) is 4. The second-order valence-electron chi connectivity index (χ2n) is 5.04. The zero-order valence-corrected chi connectivity index (χ0v) is 11.0. The summed E-state index contributed by atoms with van der Waals surface area (Å²) < 4.78 is 5.49. The van der Waals surface area contributed by atoms with Crippen LogP contribution in [0.2, 0.25) is 0 Å². The smallest absolute Gasteiger partial charge is 0.287 e. The van der Waals surface area contributed by atoms with Gasteiger partial charge in [-0.25, -0.2) is 0 Å². The second kappa shape index (κ2) is 5.46. The van der Waals surface area contributed by atoms with E-state index < -0.39 is 0 Å². The number of para-hydroxylation sites is 1. The summed E-state index contributed by atoms with van der Waals surface area (Å²) in [5.74, 6) is 0.186. The van der Waals surface area contributed by atoms with E-state index >= 15 is 0 Å². The van der Waals surface area contributed by atoms with Crippen molar-refractivity contribution in [3.8, 4) is 0 Å². The highest BCUT2D eigenvalue weighted by Crippen LogP contribution is 2.12. The number of benzene rings is 1. The Balaban J connectivity index is 1.79. The summed E-state index contributed by atoms with van der Waals surface area (Å²) in [4.78, 5) is 23.9. The normalized spacial score (nSPS) is 18.3. The molecular formula is C15H16N2O3. The summed E-state index contributed by atoms with van der Waals surface area (Å²) in [6, 6.07) is 8.18. The summed E-state index contributed by atoms with van der Waals surface area (Å²) in [5.41, 5.74) is 0.243. The lowest BCUT2D eigenvalue weighted by Gasteiger charge is -2.09. The van der Waals surface area contributed by atoms with Crippen LogP contribution in [0.3, 0.4) is 0 Å². The van der Waals surface area contributed by atoms with Crippen LogP contribution in [-0.2, 0) is 0 Å². The standard InChI is InChI=1S/C15H16N2O3/c18-12-7-14(20-13-4-2-1-3-11(12)13)15(19)17-9-10-5-6-16-8-10/h1-4,7,10,16H,5-6,8-9H2,(H,17,19). The van der Waals surface area contributed by atoms with Gasteiger partial charge in [-0.05, 0) is 37.6 Å². The molecule has 1 aliphatic heterocycles. The number of carbonyl (C=O) groups is 1. The zero-order valence-electron chi connectivity index (χ0n) is 11.0. The number of nitrogens with one attached hydrogen (secondary N) is 2. The summed E-state index contributed by atoms with van der Waals surface area (Å²) in [6.45, 7) is 2.51. The molecule has 0 radical (unpaired) electrons. The molecular weight excluding hydrogens is 256 g/mol. The third kappa shape index (κ3) is 2.58. The molecule has 2 heterocycles. The first-order valence-corrected chi connectivity index (χ1v) is 6.76. The highest BCUT2D eigenvalue weighted by Gasteiger charge is 2.17. The highest BCUT2D eigenvalue weighted by atomic mass is 16.3. The predicted molar refractivity (Wildman–Crippen MR) is 75.8 cm³/mol. The van der Waals surface area contributed by atoms with Crippen LogP contribution >= 0.6 is 0 Å². The van der Waals surface area contributed by atoms with Crippen LogP contribution in [-0.4, -0.2) is 25.5 Å². The molecule has 1 saturated heterocycles. The molecule has 2 N–H and O–H groups in total. The molecule has 1 aromatic carbocycles. The lowest BCUT2D eigenvalue weighted by Crippen LogP contribution is -2.30. The Hall–Kier alpha value is -2.14. The number of carbonyl (C=O) groups excluding carboxylic acids is 1. The Morgan fingerprint density at radius 2 is 2.25 bits per heavy atom. The summed E-state index contributed by atoms with van der Waals surface area (Å²) >= 11 is 0. The molecule has 2 aromatic rings. The van der Waals surface area contributed by atoms with Crippen molar-refractivity contribution in [2.75, 3.05) is 19.6 Å². The minimum atomic E-state index is -0.334. The minimum Gasteiger partial charge on any atom is -0.451 e.